The van der Waals surface area contributed by atoms with Crippen LogP contribution in [0.2, 0.25) is 10.0 Å². The number of carbonyl (C=O) groups is 3. The molecule has 2 rings (SSSR count). The third kappa shape index (κ3) is 4.52. The zero-order valence-electron chi connectivity index (χ0n) is 14.4. The molecular weight excluding hydrogens is 401 g/mol. The van der Waals surface area contributed by atoms with Crippen LogP contribution in [0.5, 0.6) is 5.75 Å². The van der Waals surface area contributed by atoms with Crippen molar-refractivity contribution in [2.24, 2.45) is 0 Å². The Kier molecular flexibility index (Phi) is 6.97. The van der Waals surface area contributed by atoms with E-state index < -0.39 is 5.97 Å². The summed E-state index contributed by atoms with van der Waals surface area (Å²) >= 11 is 13.2. The summed E-state index contributed by atoms with van der Waals surface area (Å²) in [5.41, 5.74) is 0.542. The van der Waals surface area contributed by atoms with Crippen LogP contribution in [-0.2, 0) is 14.3 Å². The number of halogens is 2. The number of thioether (sulfide) groups is 1. The minimum absolute atomic E-state index is 0.142. The van der Waals surface area contributed by atoms with Crippen LogP contribution in [0.3, 0.4) is 0 Å². The molecule has 0 bridgehead atoms. The van der Waals surface area contributed by atoms with E-state index in [0.717, 1.165) is 11.8 Å². The molecule has 9 heteroatoms. The molecule has 140 valence electrons. The summed E-state index contributed by atoms with van der Waals surface area (Å²) < 4.78 is 9.74. The van der Waals surface area contributed by atoms with Gasteiger partial charge in [-0.15, -0.1) is 0 Å². The van der Waals surface area contributed by atoms with Gasteiger partial charge in [-0.1, -0.05) is 30.1 Å². The molecule has 1 aliphatic heterocycles. The minimum atomic E-state index is -0.570. The summed E-state index contributed by atoms with van der Waals surface area (Å²) in [5, 5.41) is 0.0495. The number of imide groups is 1. The van der Waals surface area contributed by atoms with Crippen molar-refractivity contribution >= 4 is 58.2 Å². The molecule has 1 aliphatic rings. The molecule has 2 amide bonds. The van der Waals surface area contributed by atoms with Gasteiger partial charge in [0.25, 0.3) is 11.1 Å². The van der Waals surface area contributed by atoms with Crippen LogP contribution in [0.1, 0.15) is 25.8 Å². The fraction of sp³-hybridized carbons (Fsp3) is 0.353. The molecule has 0 saturated carbocycles. The van der Waals surface area contributed by atoms with E-state index in [0.29, 0.717) is 16.9 Å². The number of hydrogen-bond acceptors (Lipinski definition) is 6. The molecule has 6 nitrogen and oxygen atoms in total. The first-order valence-corrected chi connectivity index (χ1v) is 9.31. The number of carbonyl (C=O) groups excluding carboxylic acids is 3. The van der Waals surface area contributed by atoms with Gasteiger partial charge in [-0.05, 0) is 48.9 Å². The Bertz CT molecular complexity index is 757. The molecule has 0 N–H and O–H groups in total. The molecule has 1 aromatic rings. The van der Waals surface area contributed by atoms with Crippen molar-refractivity contribution in [1.29, 1.82) is 0 Å². The Morgan fingerprint density at radius 1 is 1.31 bits per heavy atom. The van der Waals surface area contributed by atoms with E-state index in [9.17, 15) is 14.4 Å². The molecule has 0 unspecified atom stereocenters. The van der Waals surface area contributed by atoms with E-state index in [2.05, 4.69) is 4.74 Å². The maximum atomic E-state index is 12.4. The molecule has 1 fully saturated rings. The maximum absolute atomic E-state index is 12.4. The van der Waals surface area contributed by atoms with Crippen molar-refractivity contribution < 1.29 is 23.9 Å². The van der Waals surface area contributed by atoms with Crippen LogP contribution < -0.4 is 4.74 Å². The lowest BCUT2D eigenvalue weighted by atomic mass is 10.2. The van der Waals surface area contributed by atoms with E-state index in [4.69, 9.17) is 27.9 Å². The van der Waals surface area contributed by atoms with Gasteiger partial charge in [0.05, 0.1) is 22.1 Å². The number of nitrogens with zero attached hydrogens (tertiary/aromatic N) is 1. The molecule has 1 aromatic carbocycles. The third-order valence-corrected chi connectivity index (χ3v) is 5.18. The lowest BCUT2D eigenvalue weighted by molar-refractivity contribution is -0.142. The number of hydrogen-bond donors (Lipinski definition) is 0. The van der Waals surface area contributed by atoms with Crippen molar-refractivity contribution in [3.8, 4) is 5.75 Å². The van der Waals surface area contributed by atoms with Crippen LogP contribution in [0.15, 0.2) is 17.0 Å². The van der Waals surface area contributed by atoms with Crippen LogP contribution in [-0.4, -0.2) is 41.8 Å². The second kappa shape index (κ2) is 8.79. The molecule has 0 spiro atoms. The zero-order valence-corrected chi connectivity index (χ0v) is 16.7. The average molecular weight is 418 g/mol. The number of rotatable bonds is 6. The van der Waals surface area contributed by atoms with Crippen molar-refractivity contribution in [2.45, 2.75) is 26.3 Å². The lowest BCUT2D eigenvalue weighted by Gasteiger charge is -2.19. The summed E-state index contributed by atoms with van der Waals surface area (Å²) in [6.45, 7) is 3.40. The average Bonchev–Trinajstić information content (AvgIpc) is 2.86. The first kappa shape index (κ1) is 20.6. The molecular formula is C17H17Cl2NO5S. The van der Waals surface area contributed by atoms with Crippen molar-refractivity contribution in [1.82, 2.24) is 4.90 Å². The van der Waals surface area contributed by atoms with Crippen molar-refractivity contribution in [2.75, 3.05) is 13.7 Å². The molecule has 0 radical (unpaired) electrons. The van der Waals surface area contributed by atoms with Crippen LogP contribution in [0.4, 0.5) is 4.79 Å². The van der Waals surface area contributed by atoms with Gasteiger partial charge in [-0.3, -0.25) is 14.5 Å². The quantitative estimate of drug-likeness (QED) is 0.504. The van der Waals surface area contributed by atoms with E-state index in [-0.39, 0.29) is 39.6 Å². The molecule has 0 aliphatic carbocycles. The van der Waals surface area contributed by atoms with Crippen LogP contribution in [0.25, 0.3) is 6.08 Å². The van der Waals surface area contributed by atoms with Gasteiger partial charge in [-0.25, -0.2) is 4.79 Å². The molecule has 1 heterocycles. The summed E-state index contributed by atoms with van der Waals surface area (Å²) in [6.07, 6.45) is 2.23. The smallest absolute Gasteiger partial charge is 0.343 e. The highest BCUT2D eigenvalue weighted by molar-refractivity contribution is 8.18. The molecule has 0 aromatic heterocycles. The fourth-order valence-electron chi connectivity index (χ4n) is 2.18. The first-order valence-electron chi connectivity index (χ1n) is 7.74. The van der Waals surface area contributed by atoms with Gasteiger partial charge in [0.15, 0.2) is 12.4 Å². The molecule has 1 saturated heterocycles. The van der Waals surface area contributed by atoms with Crippen molar-refractivity contribution in [3.63, 3.8) is 0 Å². The number of amides is 2. The minimum Gasteiger partial charge on any atom is -0.479 e. The highest BCUT2D eigenvalue weighted by atomic mass is 35.5. The summed E-state index contributed by atoms with van der Waals surface area (Å²) in [4.78, 5) is 37.2. The summed E-state index contributed by atoms with van der Waals surface area (Å²) in [7, 11) is 1.24. The van der Waals surface area contributed by atoms with E-state index in [1.807, 2.05) is 13.8 Å². The number of esters is 1. The predicted octanol–water partition coefficient (Wildman–Crippen LogP) is 4.38. The normalized spacial score (nSPS) is 17.0. The SMILES string of the molecule is CC[C@@H](C)N1C(=O)S/C(=C\c2cc(Cl)c(OCC(=O)OC)c(Cl)c2)C1=O. The Labute approximate surface area is 165 Å². The largest absolute Gasteiger partial charge is 0.479 e. The van der Waals surface area contributed by atoms with Gasteiger partial charge in [0.2, 0.25) is 0 Å². The Morgan fingerprint density at radius 3 is 2.46 bits per heavy atom. The van der Waals surface area contributed by atoms with Gasteiger partial charge >= 0.3 is 5.97 Å². The Balaban J connectivity index is 2.25. The number of benzene rings is 1. The second-order valence-corrected chi connectivity index (χ2v) is 7.30. The van der Waals surface area contributed by atoms with Crippen molar-refractivity contribution in [3.05, 3.63) is 32.6 Å². The second-order valence-electron chi connectivity index (χ2n) is 5.49. The number of methoxy groups -OCH3 is 1. The van der Waals surface area contributed by atoms with Gasteiger partial charge in [0, 0.05) is 6.04 Å². The van der Waals surface area contributed by atoms with Gasteiger partial charge in [0.1, 0.15) is 0 Å². The van der Waals surface area contributed by atoms with Crippen LogP contribution in [0, 0.1) is 0 Å². The summed E-state index contributed by atoms with van der Waals surface area (Å²) in [5.74, 6) is -0.767. The predicted molar refractivity (Wildman–Crippen MR) is 102 cm³/mol. The van der Waals surface area contributed by atoms with Crippen LogP contribution >= 0.6 is 35.0 Å². The monoisotopic (exact) mass is 417 g/mol. The van der Waals surface area contributed by atoms with E-state index in [1.165, 1.54) is 24.1 Å². The fourth-order valence-corrected chi connectivity index (χ4v) is 3.73. The highest BCUT2D eigenvalue weighted by Crippen LogP contribution is 2.38. The van der Waals surface area contributed by atoms with Gasteiger partial charge < -0.3 is 9.47 Å². The first-order chi connectivity index (χ1) is 12.3. The maximum Gasteiger partial charge on any atom is 0.343 e. The topological polar surface area (TPSA) is 72.9 Å². The standard InChI is InChI=1S/C17H17Cl2NO5S/c1-4-9(2)20-16(22)13(26-17(20)23)7-10-5-11(18)15(12(19)6-10)25-8-14(21)24-3/h5-7,9H,4,8H2,1-3H3/b13-7-/t9-/m1/s1. The highest BCUT2D eigenvalue weighted by Gasteiger charge is 2.37. The molecule has 1 atom stereocenters. The zero-order chi connectivity index (χ0) is 19.4. The van der Waals surface area contributed by atoms with E-state index in [1.54, 1.807) is 6.08 Å². The lowest BCUT2D eigenvalue weighted by Crippen LogP contribution is -2.36. The number of ether oxygens (including phenoxy) is 2. The van der Waals surface area contributed by atoms with Gasteiger partial charge in [-0.2, -0.15) is 0 Å². The Morgan fingerprint density at radius 2 is 1.92 bits per heavy atom. The molecule has 26 heavy (non-hydrogen) atoms. The summed E-state index contributed by atoms with van der Waals surface area (Å²) in [6, 6.07) is 2.91. The Hall–Kier alpha value is -1.70. The third-order valence-electron chi connectivity index (χ3n) is 3.74. The van der Waals surface area contributed by atoms with E-state index >= 15 is 0 Å².